The van der Waals surface area contributed by atoms with Crippen molar-refractivity contribution in [2.75, 3.05) is 21.4 Å². The maximum Gasteiger partial charge on any atom is 0.250 e. The van der Waals surface area contributed by atoms with Crippen molar-refractivity contribution in [3.63, 3.8) is 0 Å². The number of hydrogen-bond acceptors (Lipinski definition) is 4. The molecule has 0 unspecified atom stereocenters. The van der Waals surface area contributed by atoms with E-state index >= 15 is 0 Å². The van der Waals surface area contributed by atoms with Crippen LogP contribution in [0.15, 0.2) is 36.4 Å². The molecule has 1 aromatic carbocycles. The summed E-state index contributed by atoms with van der Waals surface area (Å²) in [5, 5.41) is 0. The smallest absolute Gasteiger partial charge is 0.250 e. The standard InChI is InChI=1S/C21H27N3O2S/c1-14(2)24(18-8-6-7-15(3)10-18)21(25)19-12-27(26)13-23(19)20-11-16(4)9-17(5)22-20/h6-11,14,19H,12-13H2,1-5H3/t19-,27+/m1/s1. The van der Waals surface area contributed by atoms with E-state index in [9.17, 15) is 9.00 Å². The number of carbonyl (C=O) groups is 1. The number of carbonyl (C=O) groups excluding carboxylic acids is 1. The van der Waals surface area contributed by atoms with Crippen LogP contribution in [0, 0.1) is 20.8 Å². The summed E-state index contributed by atoms with van der Waals surface area (Å²) in [5.74, 6) is 1.38. The first-order valence-corrected chi connectivity index (χ1v) is 10.7. The minimum atomic E-state index is -1.07. The van der Waals surface area contributed by atoms with Gasteiger partial charge in [-0.2, -0.15) is 0 Å². The third kappa shape index (κ3) is 4.21. The van der Waals surface area contributed by atoms with E-state index in [1.165, 1.54) is 0 Å². The van der Waals surface area contributed by atoms with Crippen LogP contribution in [0.5, 0.6) is 0 Å². The number of nitrogens with zero attached hydrogens (tertiary/aromatic N) is 3. The van der Waals surface area contributed by atoms with Crippen LogP contribution in [0.3, 0.4) is 0 Å². The van der Waals surface area contributed by atoms with E-state index in [0.717, 1.165) is 28.3 Å². The molecule has 0 aliphatic carbocycles. The van der Waals surface area contributed by atoms with Crippen molar-refractivity contribution in [3.8, 4) is 0 Å². The molecule has 1 aliphatic rings. The van der Waals surface area contributed by atoms with Crippen LogP contribution in [0.2, 0.25) is 0 Å². The Morgan fingerprint density at radius 1 is 1.19 bits per heavy atom. The number of hydrogen-bond donors (Lipinski definition) is 0. The molecule has 0 N–H and O–H groups in total. The lowest BCUT2D eigenvalue weighted by Crippen LogP contribution is -2.50. The van der Waals surface area contributed by atoms with E-state index < -0.39 is 16.8 Å². The summed E-state index contributed by atoms with van der Waals surface area (Å²) in [5.41, 5.74) is 3.96. The van der Waals surface area contributed by atoms with Gasteiger partial charge in [0.25, 0.3) is 5.91 Å². The molecule has 0 spiro atoms. The molecule has 0 radical (unpaired) electrons. The van der Waals surface area contributed by atoms with Gasteiger partial charge in [0.15, 0.2) is 0 Å². The first-order chi connectivity index (χ1) is 12.8. The van der Waals surface area contributed by atoms with E-state index in [-0.39, 0.29) is 11.9 Å². The Kier molecular flexibility index (Phi) is 5.65. The maximum atomic E-state index is 13.5. The Bertz CT molecular complexity index is 861. The highest BCUT2D eigenvalue weighted by Gasteiger charge is 2.39. The summed E-state index contributed by atoms with van der Waals surface area (Å²) < 4.78 is 12.4. The predicted molar refractivity (Wildman–Crippen MR) is 112 cm³/mol. The third-order valence-electron chi connectivity index (χ3n) is 4.70. The summed E-state index contributed by atoms with van der Waals surface area (Å²) in [6.07, 6.45) is 0. The predicted octanol–water partition coefficient (Wildman–Crippen LogP) is 3.34. The fraction of sp³-hybridized carbons (Fsp3) is 0.429. The molecule has 5 nitrogen and oxygen atoms in total. The van der Waals surface area contributed by atoms with Crippen LogP contribution in [0.4, 0.5) is 11.5 Å². The Morgan fingerprint density at radius 3 is 2.56 bits per heavy atom. The molecule has 2 aromatic rings. The summed E-state index contributed by atoms with van der Waals surface area (Å²) in [6, 6.07) is 11.4. The van der Waals surface area contributed by atoms with Crippen molar-refractivity contribution >= 4 is 28.2 Å². The number of pyridine rings is 1. The molecular weight excluding hydrogens is 358 g/mol. The number of anilines is 2. The molecule has 1 saturated heterocycles. The number of aromatic nitrogens is 1. The minimum Gasteiger partial charge on any atom is -0.332 e. The highest BCUT2D eigenvalue weighted by Crippen LogP contribution is 2.27. The Morgan fingerprint density at radius 2 is 1.93 bits per heavy atom. The number of benzene rings is 1. The Balaban J connectivity index is 1.98. The highest BCUT2D eigenvalue weighted by atomic mass is 32.2. The molecule has 27 heavy (non-hydrogen) atoms. The maximum absolute atomic E-state index is 13.5. The summed E-state index contributed by atoms with van der Waals surface area (Å²) in [7, 11) is -1.07. The average Bonchev–Trinajstić information content (AvgIpc) is 2.96. The number of amides is 1. The fourth-order valence-electron chi connectivity index (χ4n) is 3.58. The normalized spacial score (nSPS) is 19.6. The second kappa shape index (κ2) is 7.80. The van der Waals surface area contributed by atoms with Crippen LogP contribution < -0.4 is 9.80 Å². The fourth-order valence-corrected chi connectivity index (χ4v) is 4.98. The van der Waals surface area contributed by atoms with Gasteiger partial charge < -0.3 is 9.80 Å². The molecule has 3 rings (SSSR count). The van der Waals surface area contributed by atoms with Gasteiger partial charge >= 0.3 is 0 Å². The van der Waals surface area contributed by atoms with E-state index in [1.54, 1.807) is 0 Å². The van der Waals surface area contributed by atoms with Gasteiger partial charge in [-0.15, -0.1) is 0 Å². The van der Waals surface area contributed by atoms with E-state index in [2.05, 4.69) is 4.98 Å². The molecule has 0 saturated carbocycles. The molecule has 0 bridgehead atoms. The summed E-state index contributed by atoms with van der Waals surface area (Å²) in [4.78, 5) is 21.8. The monoisotopic (exact) mass is 385 g/mol. The second-order valence-corrected chi connectivity index (χ2v) is 8.98. The lowest BCUT2D eigenvalue weighted by Gasteiger charge is -2.33. The van der Waals surface area contributed by atoms with Crippen molar-refractivity contribution < 1.29 is 9.00 Å². The molecule has 144 valence electrons. The van der Waals surface area contributed by atoms with Gasteiger partial charge in [-0.3, -0.25) is 9.00 Å². The van der Waals surface area contributed by atoms with Gasteiger partial charge in [0.05, 0.1) is 11.6 Å². The van der Waals surface area contributed by atoms with Gasteiger partial charge in [0.1, 0.15) is 11.9 Å². The largest absolute Gasteiger partial charge is 0.332 e. The first-order valence-electron chi connectivity index (χ1n) is 9.23. The van der Waals surface area contributed by atoms with Crippen molar-refractivity contribution in [1.82, 2.24) is 4.98 Å². The summed E-state index contributed by atoms with van der Waals surface area (Å²) in [6.45, 7) is 9.97. The van der Waals surface area contributed by atoms with Crippen LogP contribution >= 0.6 is 0 Å². The Labute approximate surface area is 163 Å². The molecule has 1 aromatic heterocycles. The van der Waals surface area contributed by atoms with Gasteiger partial charge in [-0.1, -0.05) is 12.1 Å². The van der Waals surface area contributed by atoms with Crippen LogP contribution in [0.25, 0.3) is 0 Å². The van der Waals surface area contributed by atoms with Crippen LogP contribution in [0.1, 0.15) is 30.7 Å². The molecular formula is C21H27N3O2S. The lowest BCUT2D eigenvalue weighted by atomic mass is 10.1. The van der Waals surface area contributed by atoms with Gasteiger partial charge in [0.2, 0.25) is 0 Å². The van der Waals surface area contributed by atoms with Crippen LogP contribution in [-0.4, -0.2) is 38.8 Å². The average molecular weight is 386 g/mol. The van der Waals surface area contributed by atoms with Gasteiger partial charge in [-0.25, -0.2) is 4.98 Å². The molecule has 1 amide bonds. The van der Waals surface area contributed by atoms with Crippen molar-refractivity contribution in [1.29, 1.82) is 0 Å². The van der Waals surface area contributed by atoms with Gasteiger partial charge in [-0.05, 0) is 70.0 Å². The number of aryl methyl sites for hydroxylation is 3. The molecule has 1 aliphatic heterocycles. The highest BCUT2D eigenvalue weighted by molar-refractivity contribution is 7.85. The van der Waals surface area contributed by atoms with E-state index in [0.29, 0.717) is 11.6 Å². The minimum absolute atomic E-state index is 0.00221. The van der Waals surface area contributed by atoms with Crippen molar-refractivity contribution in [3.05, 3.63) is 53.2 Å². The zero-order chi connectivity index (χ0) is 19.7. The quantitative estimate of drug-likeness (QED) is 0.810. The van der Waals surface area contributed by atoms with E-state index in [1.807, 2.05) is 80.8 Å². The zero-order valence-electron chi connectivity index (χ0n) is 16.6. The topological polar surface area (TPSA) is 53.5 Å². The van der Waals surface area contributed by atoms with E-state index in [4.69, 9.17) is 0 Å². The molecule has 2 heterocycles. The molecule has 1 fully saturated rings. The number of rotatable bonds is 4. The zero-order valence-corrected chi connectivity index (χ0v) is 17.4. The SMILES string of the molecule is Cc1cccc(N(C(=O)[C@H]2C[S@](=O)CN2c2cc(C)cc(C)n2)C(C)C)c1. The van der Waals surface area contributed by atoms with Gasteiger partial charge in [0, 0.05) is 28.2 Å². The van der Waals surface area contributed by atoms with Crippen molar-refractivity contribution in [2.45, 2.75) is 46.7 Å². The molecule has 6 heteroatoms. The second-order valence-electron chi connectivity index (χ2n) is 7.51. The third-order valence-corrected chi connectivity index (χ3v) is 5.95. The van der Waals surface area contributed by atoms with Crippen LogP contribution in [-0.2, 0) is 15.6 Å². The Hall–Kier alpha value is -2.21. The van der Waals surface area contributed by atoms with Crippen molar-refractivity contribution in [2.24, 2.45) is 0 Å². The summed E-state index contributed by atoms with van der Waals surface area (Å²) >= 11 is 0. The molecule has 2 atom stereocenters. The first kappa shape index (κ1) is 19.5. The lowest BCUT2D eigenvalue weighted by molar-refractivity contribution is -0.119.